The van der Waals surface area contributed by atoms with E-state index in [0.717, 1.165) is 34.8 Å². The Labute approximate surface area is 105 Å². The third-order valence-electron chi connectivity index (χ3n) is 3.20. The van der Waals surface area contributed by atoms with Gasteiger partial charge in [0.2, 0.25) is 0 Å². The Balaban J connectivity index is 2.33. The Morgan fingerprint density at radius 1 is 1.71 bits per heavy atom. The van der Waals surface area contributed by atoms with Gasteiger partial charge in [0.05, 0.1) is 11.6 Å². The average Bonchev–Trinajstić information content (AvgIpc) is 2.73. The topological polar surface area (TPSA) is 59.4 Å². The van der Waals surface area contributed by atoms with E-state index in [4.69, 9.17) is 4.74 Å². The molecule has 0 aliphatic heterocycles. The molecule has 4 nitrogen and oxygen atoms in total. The molecule has 0 saturated heterocycles. The number of ether oxygens (including phenoxy) is 1. The van der Waals surface area contributed by atoms with Crippen molar-refractivity contribution in [2.75, 3.05) is 7.11 Å². The van der Waals surface area contributed by atoms with E-state index in [1.54, 1.807) is 18.4 Å². The fourth-order valence-electron chi connectivity index (χ4n) is 2.26. The van der Waals surface area contributed by atoms with E-state index in [1.165, 1.54) is 0 Å². The van der Waals surface area contributed by atoms with Crippen LogP contribution in [-0.4, -0.2) is 23.2 Å². The second-order valence-corrected chi connectivity index (χ2v) is 5.39. The molecule has 0 radical (unpaired) electrons. The molecule has 1 N–H and O–H groups in total. The van der Waals surface area contributed by atoms with Gasteiger partial charge in [-0.15, -0.1) is 11.3 Å². The zero-order chi connectivity index (χ0) is 12.4. The number of aryl methyl sites for hydroxylation is 1. The van der Waals surface area contributed by atoms with E-state index < -0.39 is 11.9 Å². The molecule has 17 heavy (non-hydrogen) atoms. The molecule has 2 unspecified atom stereocenters. The normalized spacial score (nSPS) is 20.9. The van der Waals surface area contributed by atoms with Crippen molar-refractivity contribution in [2.45, 2.75) is 44.6 Å². The zero-order valence-electron chi connectivity index (χ0n) is 10.1. The second kappa shape index (κ2) is 5.14. The van der Waals surface area contributed by atoms with Gasteiger partial charge in [0.15, 0.2) is 0 Å². The lowest BCUT2D eigenvalue weighted by Gasteiger charge is -2.16. The van der Waals surface area contributed by atoms with Gasteiger partial charge in [0, 0.05) is 12.0 Å². The summed E-state index contributed by atoms with van der Waals surface area (Å²) in [6.45, 7) is 2.04. The smallest absolute Gasteiger partial charge is 0.312 e. The first kappa shape index (κ1) is 12.5. The number of carbonyl (C=O) groups is 1. The molecule has 0 fully saturated rings. The maximum Gasteiger partial charge on any atom is 0.312 e. The number of hydrogen-bond donors (Lipinski definition) is 1. The van der Waals surface area contributed by atoms with E-state index >= 15 is 0 Å². The molecule has 0 spiro atoms. The zero-order valence-corrected chi connectivity index (χ0v) is 10.9. The number of aromatic nitrogens is 1. The van der Waals surface area contributed by atoms with Crippen molar-refractivity contribution in [3.63, 3.8) is 0 Å². The Morgan fingerprint density at radius 3 is 3.06 bits per heavy atom. The highest BCUT2D eigenvalue weighted by atomic mass is 32.1. The number of rotatable bonds is 4. The summed E-state index contributed by atoms with van der Waals surface area (Å²) in [6, 6.07) is 0. The van der Waals surface area contributed by atoms with Crippen molar-refractivity contribution in [3.05, 3.63) is 15.6 Å². The van der Waals surface area contributed by atoms with Gasteiger partial charge in [-0.1, -0.05) is 6.92 Å². The van der Waals surface area contributed by atoms with Crippen LogP contribution in [0.5, 0.6) is 0 Å². The van der Waals surface area contributed by atoms with Gasteiger partial charge in [0.25, 0.3) is 0 Å². The van der Waals surface area contributed by atoms with Crippen molar-refractivity contribution >= 4 is 17.3 Å². The van der Waals surface area contributed by atoms with E-state index in [9.17, 15) is 9.90 Å². The van der Waals surface area contributed by atoms with Crippen LogP contribution in [0.25, 0.3) is 0 Å². The lowest BCUT2D eigenvalue weighted by Crippen LogP contribution is -2.17. The highest BCUT2D eigenvalue weighted by Gasteiger charge is 2.31. The van der Waals surface area contributed by atoms with Gasteiger partial charge >= 0.3 is 5.97 Å². The van der Waals surface area contributed by atoms with Gasteiger partial charge in [-0.25, -0.2) is 4.98 Å². The number of aliphatic carboxylic acids is 1. The minimum Gasteiger partial charge on any atom is -0.481 e. The molecular weight excluding hydrogens is 238 g/mol. The van der Waals surface area contributed by atoms with Crippen LogP contribution in [0, 0.1) is 0 Å². The minimum atomic E-state index is -0.756. The van der Waals surface area contributed by atoms with E-state index in [-0.39, 0.29) is 6.10 Å². The number of carboxylic acids is 1. The van der Waals surface area contributed by atoms with Crippen LogP contribution in [0.2, 0.25) is 0 Å². The number of thiazole rings is 1. The molecule has 0 bridgehead atoms. The molecule has 5 heteroatoms. The molecule has 1 aliphatic carbocycles. The largest absolute Gasteiger partial charge is 0.481 e. The molecule has 1 aromatic rings. The molecular formula is C12H17NO3S. The van der Waals surface area contributed by atoms with Crippen molar-refractivity contribution in [1.29, 1.82) is 0 Å². The summed E-state index contributed by atoms with van der Waals surface area (Å²) in [6.07, 6.45) is 3.46. The molecule has 1 heterocycles. The summed E-state index contributed by atoms with van der Waals surface area (Å²) in [7, 11) is 1.67. The van der Waals surface area contributed by atoms with Crippen LogP contribution in [0.1, 0.15) is 53.8 Å². The fourth-order valence-corrected chi connectivity index (χ4v) is 3.59. The summed E-state index contributed by atoms with van der Waals surface area (Å²) in [5.74, 6) is -1.17. The fraction of sp³-hybridized carbons (Fsp3) is 0.667. The van der Waals surface area contributed by atoms with E-state index in [0.29, 0.717) is 6.42 Å². The number of fused-ring (bicyclic) bond motifs is 1. The number of nitrogens with zero attached hydrogens (tertiary/aromatic N) is 1. The van der Waals surface area contributed by atoms with Gasteiger partial charge in [-0.2, -0.15) is 0 Å². The Hall–Kier alpha value is -0.940. The van der Waals surface area contributed by atoms with Crippen molar-refractivity contribution in [1.82, 2.24) is 4.98 Å². The first-order valence-electron chi connectivity index (χ1n) is 5.92. The maximum absolute atomic E-state index is 11.2. The van der Waals surface area contributed by atoms with Gasteiger partial charge in [-0.05, 0) is 25.7 Å². The number of methoxy groups -OCH3 is 1. The first-order chi connectivity index (χ1) is 8.17. The van der Waals surface area contributed by atoms with E-state index in [2.05, 4.69) is 4.98 Å². The molecule has 0 saturated carbocycles. The van der Waals surface area contributed by atoms with Crippen LogP contribution in [-0.2, 0) is 16.0 Å². The molecule has 0 aromatic carbocycles. The summed E-state index contributed by atoms with van der Waals surface area (Å²) >= 11 is 1.61. The van der Waals surface area contributed by atoms with Crippen LogP contribution < -0.4 is 0 Å². The molecule has 0 amide bonds. The van der Waals surface area contributed by atoms with Crippen LogP contribution >= 0.6 is 11.3 Å². The van der Waals surface area contributed by atoms with Gasteiger partial charge < -0.3 is 9.84 Å². The Kier molecular flexibility index (Phi) is 3.79. The van der Waals surface area contributed by atoms with Crippen molar-refractivity contribution < 1.29 is 14.6 Å². The van der Waals surface area contributed by atoms with Crippen LogP contribution in [0.3, 0.4) is 0 Å². The molecule has 2 atom stereocenters. The predicted octanol–water partition coefficient (Wildman–Crippen LogP) is 2.75. The van der Waals surface area contributed by atoms with E-state index in [1.807, 2.05) is 6.92 Å². The third kappa shape index (κ3) is 2.35. The highest BCUT2D eigenvalue weighted by Crippen LogP contribution is 2.37. The third-order valence-corrected chi connectivity index (χ3v) is 4.42. The minimum absolute atomic E-state index is 0.0000416. The predicted molar refractivity (Wildman–Crippen MR) is 65.5 cm³/mol. The molecule has 94 valence electrons. The quantitative estimate of drug-likeness (QED) is 0.898. The first-order valence-corrected chi connectivity index (χ1v) is 6.74. The lowest BCUT2D eigenvalue weighted by atomic mass is 9.91. The average molecular weight is 255 g/mol. The SMILES string of the molecule is CCC(OC)c1nc2c(s1)CCCC2C(=O)O. The lowest BCUT2D eigenvalue weighted by molar-refractivity contribution is -0.139. The molecule has 2 rings (SSSR count). The van der Waals surface area contributed by atoms with Gasteiger partial charge in [-0.3, -0.25) is 4.79 Å². The second-order valence-electron chi connectivity index (χ2n) is 4.28. The maximum atomic E-state index is 11.2. The van der Waals surface area contributed by atoms with Gasteiger partial charge in [0.1, 0.15) is 11.1 Å². The van der Waals surface area contributed by atoms with Crippen LogP contribution in [0.15, 0.2) is 0 Å². The van der Waals surface area contributed by atoms with Crippen molar-refractivity contribution in [3.8, 4) is 0 Å². The summed E-state index contributed by atoms with van der Waals surface area (Å²) in [4.78, 5) is 16.8. The molecule has 1 aromatic heterocycles. The standard InChI is InChI=1S/C12H17NO3S/c1-3-8(16-2)11-13-10-7(12(14)15)5-4-6-9(10)17-11/h7-8H,3-6H2,1-2H3,(H,14,15). The summed E-state index contributed by atoms with van der Waals surface area (Å²) in [5.41, 5.74) is 0.777. The number of carboxylic acid groups (broad SMARTS) is 1. The van der Waals surface area contributed by atoms with Crippen molar-refractivity contribution in [2.24, 2.45) is 0 Å². The van der Waals surface area contributed by atoms with Crippen LogP contribution in [0.4, 0.5) is 0 Å². The Morgan fingerprint density at radius 2 is 2.47 bits per heavy atom. The monoisotopic (exact) mass is 255 g/mol. The highest BCUT2D eigenvalue weighted by molar-refractivity contribution is 7.11. The summed E-state index contributed by atoms with van der Waals surface area (Å²) in [5, 5.41) is 10.1. The molecule has 1 aliphatic rings. The number of hydrogen-bond acceptors (Lipinski definition) is 4. The summed E-state index contributed by atoms with van der Waals surface area (Å²) < 4.78 is 5.36. The Bertz CT molecular complexity index is 412.